The van der Waals surface area contributed by atoms with Crippen LogP contribution in [0.5, 0.6) is 0 Å². The highest BCUT2D eigenvalue weighted by Crippen LogP contribution is 2.20. The molecule has 2 aliphatic rings. The zero-order valence-electron chi connectivity index (χ0n) is 13.2. The van der Waals surface area contributed by atoms with Crippen molar-refractivity contribution >= 4 is 5.91 Å². The molecule has 0 aromatic heterocycles. The van der Waals surface area contributed by atoms with E-state index in [0.29, 0.717) is 12.6 Å². The highest BCUT2D eigenvalue weighted by Gasteiger charge is 2.25. The van der Waals surface area contributed by atoms with E-state index in [1.54, 1.807) is 0 Å². The summed E-state index contributed by atoms with van der Waals surface area (Å²) in [5.74, 6) is 0.124. The topological polar surface area (TPSA) is 61.8 Å². The molecule has 2 N–H and O–H groups in total. The van der Waals surface area contributed by atoms with Gasteiger partial charge in [-0.25, -0.2) is 0 Å². The summed E-state index contributed by atoms with van der Waals surface area (Å²) in [4.78, 5) is 14.5. The van der Waals surface area contributed by atoms with Crippen molar-refractivity contribution < 1.29 is 14.6 Å². The van der Waals surface area contributed by atoms with Crippen LogP contribution in [0.25, 0.3) is 0 Å². The van der Waals surface area contributed by atoms with E-state index in [9.17, 15) is 9.90 Å². The van der Waals surface area contributed by atoms with Gasteiger partial charge in [0.25, 0.3) is 0 Å². The molecule has 21 heavy (non-hydrogen) atoms. The van der Waals surface area contributed by atoms with Gasteiger partial charge < -0.3 is 15.2 Å². The van der Waals surface area contributed by atoms with Crippen molar-refractivity contribution in [2.45, 2.75) is 70.1 Å². The van der Waals surface area contributed by atoms with Crippen LogP contribution in [-0.4, -0.2) is 60.4 Å². The lowest BCUT2D eigenvalue weighted by atomic mass is 10.0. The van der Waals surface area contributed by atoms with Gasteiger partial charge in [0.05, 0.1) is 12.6 Å². The molecule has 0 radical (unpaired) electrons. The molecular weight excluding hydrogens is 268 g/mol. The molecule has 0 bridgehead atoms. The van der Waals surface area contributed by atoms with E-state index in [-0.39, 0.29) is 18.1 Å². The van der Waals surface area contributed by atoms with Crippen LogP contribution in [0.4, 0.5) is 0 Å². The predicted molar refractivity (Wildman–Crippen MR) is 82.1 cm³/mol. The van der Waals surface area contributed by atoms with Gasteiger partial charge in [-0.3, -0.25) is 9.69 Å². The first-order valence-corrected chi connectivity index (χ1v) is 8.44. The van der Waals surface area contributed by atoms with Crippen molar-refractivity contribution in [2.75, 3.05) is 26.3 Å². The largest absolute Gasteiger partial charge is 0.393 e. The Kier molecular flexibility index (Phi) is 6.93. The van der Waals surface area contributed by atoms with Crippen LogP contribution in [0.1, 0.15) is 51.9 Å². The third kappa shape index (κ3) is 5.93. The zero-order chi connectivity index (χ0) is 15.1. The quantitative estimate of drug-likeness (QED) is 0.803. The number of aliphatic hydroxyl groups is 1. The molecule has 2 fully saturated rings. The van der Waals surface area contributed by atoms with Crippen LogP contribution >= 0.6 is 0 Å². The van der Waals surface area contributed by atoms with Crippen molar-refractivity contribution in [3.63, 3.8) is 0 Å². The summed E-state index contributed by atoms with van der Waals surface area (Å²) in [5, 5.41) is 12.8. The number of hydrogen-bond acceptors (Lipinski definition) is 4. The summed E-state index contributed by atoms with van der Waals surface area (Å²) in [6.45, 7) is 4.77. The molecule has 1 amide bonds. The standard InChI is InChI=1S/C16H30N2O3/c1-13(19)11-15-5-3-2-4-8-18(15)12-16(20)17-14-6-9-21-10-7-14/h13-15,19H,2-12H2,1H3,(H,17,20). The van der Waals surface area contributed by atoms with E-state index in [4.69, 9.17) is 4.74 Å². The lowest BCUT2D eigenvalue weighted by Crippen LogP contribution is -2.47. The summed E-state index contributed by atoms with van der Waals surface area (Å²) in [6.07, 6.45) is 6.99. The van der Waals surface area contributed by atoms with Crippen molar-refractivity contribution in [2.24, 2.45) is 0 Å². The summed E-state index contributed by atoms with van der Waals surface area (Å²) >= 11 is 0. The SMILES string of the molecule is CC(O)CC1CCCCCN1CC(=O)NC1CCOCC1. The van der Waals surface area contributed by atoms with Crippen LogP contribution in [0.2, 0.25) is 0 Å². The molecule has 0 aromatic rings. The van der Waals surface area contributed by atoms with Crippen LogP contribution in [0, 0.1) is 0 Å². The van der Waals surface area contributed by atoms with E-state index in [1.165, 1.54) is 12.8 Å². The van der Waals surface area contributed by atoms with Gasteiger partial charge in [-0.05, 0) is 45.6 Å². The van der Waals surface area contributed by atoms with Crippen molar-refractivity contribution in [1.29, 1.82) is 0 Å². The Morgan fingerprint density at radius 1 is 1.29 bits per heavy atom. The zero-order valence-corrected chi connectivity index (χ0v) is 13.2. The number of likely N-dealkylation sites (tertiary alicyclic amines) is 1. The minimum atomic E-state index is -0.297. The van der Waals surface area contributed by atoms with Crippen LogP contribution < -0.4 is 5.32 Å². The molecule has 2 aliphatic heterocycles. The minimum absolute atomic E-state index is 0.124. The fourth-order valence-corrected chi connectivity index (χ4v) is 3.41. The fourth-order valence-electron chi connectivity index (χ4n) is 3.41. The lowest BCUT2D eigenvalue weighted by molar-refractivity contribution is -0.124. The maximum absolute atomic E-state index is 12.3. The third-order valence-corrected chi connectivity index (χ3v) is 4.55. The first-order valence-electron chi connectivity index (χ1n) is 8.44. The Hall–Kier alpha value is -0.650. The Morgan fingerprint density at radius 2 is 2.05 bits per heavy atom. The van der Waals surface area contributed by atoms with Crippen molar-refractivity contribution in [1.82, 2.24) is 10.2 Å². The predicted octanol–water partition coefficient (Wildman–Crippen LogP) is 1.30. The minimum Gasteiger partial charge on any atom is -0.393 e. The van der Waals surface area contributed by atoms with E-state index in [0.717, 1.165) is 51.9 Å². The first-order chi connectivity index (χ1) is 10.1. The average Bonchev–Trinajstić information content (AvgIpc) is 2.65. The number of ether oxygens (including phenoxy) is 1. The number of aliphatic hydroxyl groups excluding tert-OH is 1. The highest BCUT2D eigenvalue weighted by atomic mass is 16.5. The molecule has 0 aromatic carbocycles. The molecule has 0 spiro atoms. The number of carbonyl (C=O) groups excluding carboxylic acids is 1. The van der Waals surface area contributed by atoms with Crippen molar-refractivity contribution in [3.05, 3.63) is 0 Å². The monoisotopic (exact) mass is 298 g/mol. The molecule has 2 atom stereocenters. The number of nitrogens with one attached hydrogen (secondary N) is 1. The maximum Gasteiger partial charge on any atom is 0.234 e. The normalized spacial score (nSPS) is 27.0. The number of rotatable bonds is 5. The van der Waals surface area contributed by atoms with E-state index < -0.39 is 0 Å². The smallest absolute Gasteiger partial charge is 0.234 e. The van der Waals surface area contributed by atoms with E-state index in [2.05, 4.69) is 10.2 Å². The van der Waals surface area contributed by atoms with Gasteiger partial charge in [0, 0.05) is 25.3 Å². The van der Waals surface area contributed by atoms with Crippen LogP contribution in [0.15, 0.2) is 0 Å². The highest BCUT2D eigenvalue weighted by molar-refractivity contribution is 5.78. The summed E-state index contributed by atoms with van der Waals surface area (Å²) in [5.41, 5.74) is 0. The molecule has 2 rings (SSSR count). The molecular formula is C16H30N2O3. The summed E-state index contributed by atoms with van der Waals surface area (Å²) in [7, 11) is 0. The first kappa shape index (κ1) is 16.7. The molecule has 122 valence electrons. The van der Waals surface area contributed by atoms with Gasteiger partial charge in [0.1, 0.15) is 0 Å². The molecule has 5 heteroatoms. The number of hydrogen-bond donors (Lipinski definition) is 2. The molecule has 2 heterocycles. The average molecular weight is 298 g/mol. The molecule has 2 unspecified atom stereocenters. The van der Waals surface area contributed by atoms with Gasteiger partial charge in [-0.2, -0.15) is 0 Å². The number of carbonyl (C=O) groups is 1. The Labute approximate surface area is 128 Å². The van der Waals surface area contributed by atoms with E-state index >= 15 is 0 Å². The van der Waals surface area contributed by atoms with Gasteiger partial charge >= 0.3 is 0 Å². The van der Waals surface area contributed by atoms with Crippen LogP contribution in [-0.2, 0) is 9.53 Å². The summed E-state index contributed by atoms with van der Waals surface area (Å²) in [6, 6.07) is 0.612. The van der Waals surface area contributed by atoms with Gasteiger partial charge in [-0.15, -0.1) is 0 Å². The maximum atomic E-state index is 12.3. The second kappa shape index (κ2) is 8.71. The fraction of sp³-hybridized carbons (Fsp3) is 0.938. The lowest BCUT2D eigenvalue weighted by Gasteiger charge is -2.31. The van der Waals surface area contributed by atoms with E-state index in [1.807, 2.05) is 6.92 Å². The molecule has 2 saturated heterocycles. The molecule has 0 aliphatic carbocycles. The van der Waals surface area contributed by atoms with Crippen LogP contribution in [0.3, 0.4) is 0 Å². The second-order valence-corrected chi connectivity index (χ2v) is 6.51. The Morgan fingerprint density at radius 3 is 2.76 bits per heavy atom. The molecule has 0 saturated carbocycles. The Balaban J connectivity index is 1.82. The van der Waals surface area contributed by atoms with Gasteiger partial charge in [-0.1, -0.05) is 12.8 Å². The van der Waals surface area contributed by atoms with Crippen molar-refractivity contribution in [3.8, 4) is 0 Å². The summed E-state index contributed by atoms with van der Waals surface area (Å²) < 4.78 is 5.32. The molecule has 5 nitrogen and oxygen atoms in total. The third-order valence-electron chi connectivity index (χ3n) is 4.55. The van der Waals surface area contributed by atoms with Gasteiger partial charge in [0.2, 0.25) is 5.91 Å². The number of amides is 1. The Bertz CT molecular complexity index is 317. The number of nitrogens with zero attached hydrogens (tertiary/aromatic N) is 1. The van der Waals surface area contributed by atoms with Gasteiger partial charge in [0.15, 0.2) is 0 Å². The second-order valence-electron chi connectivity index (χ2n) is 6.51.